The van der Waals surface area contributed by atoms with Gasteiger partial charge in [0.1, 0.15) is 4.21 Å². The minimum Gasteiger partial charge on any atom is -0.368 e. The molecular formula is C14H14Cl2N2O2S2. The molecule has 8 heteroatoms. The molecule has 4 nitrogen and oxygen atoms in total. The average molecular weight is 377 g/mol. The molecule has 1 saturated heterocycles. The second-order valence-corrected chi connectivity index (χ2v) is 9.19. The van der Waals surface area contributed by atoms with Gasteiger partial charge < -0.3 is 4.90 Å². The lowest BCUT2D eigenvalue weighted by atomic mass is 10.2. The van der Waals surface area contributed by atoms with Gasteiger partial charge in [-0.25, -0.2) is 8.42 Å². The summed E-state index contributed by atoms with van der Waals surface area (Å²) in [5.74, 6) is 0. The number of hydrogen-bond donors (Lipinski definition) is 0. The third kappa shape index (κ3) is 3.12. The quantitative estimate of drug-likeness (QED) is 0.821. The molecule has 1 aliphatic rings. The Kier molecular flexibility index (Phi) is 4.66. The van der Waals surface area contributed by atoms with E-state index in [4.69, 9.17) is 23.2 Å². The van der Waals surface area contributed by atoms with Gasteiger partial charge in [-0.15, -0.1) is 11.3 Å². The predicted molar refractivity (Wildman–Crippen MR) is 91.8 cm³/mol. The van der Waals surface area contributed by atoms with Crippen LogP contribution in [0.15, 0.2) is 40.6 Å². The molecular weight excluding hydrogens is 363 g/mol. The van der Waals surface area contributed by atoms with Crippen LogP contribution in [0, 0.1) is 0 Å². The van der Waals surface area contributed by atoms with E-state index in [9.17, 15) is 8.42 Å². The van der Waals surface area contributed by atoms with Crippen LogP contribution in [-0.2, 0) is 10.0 Å². The van der Waals surface area contributed by atoms with E-state index in [1.165, 1.54) is 4.31 Å². The maximum atomic E-state index is 12.5. The summed E-state index contributed by atoms with van der Waals surface area (Å²) in [6.45, 7) is 2.09. The Morgan fingerprint density at radius 2 is 1.64 bits per heavy atom. The molecule has 118 valence electrons. The van der Waals surface area contributed by atoms with Crippen molar-refractivity contribution in [1.29, 1.82) is 0 Å². The number of benzene rings is 1. The van der Waals surface area contributed by atoms with E-state index in [1.54, 1.807) is 12.1 Å². The Bertz CT molecular complexity index is 769. The van der Waals surface area contributed by atoms with Crippen molar-refractivity contribution in [3.05, 3.63) is 45.8 Å². The van der Waals surface area contributed by atoms with Crippen LogP contribution >= 0.6 is 34.5 Å². The van der Waals surface area contributed by atoms with Crippen molar-refractivity contribution in [3.8, 4) is 0 Å². The topological polar surface area (TPSA) is 40.6 Å². The molecule has 3 rings (SSSR count). The van der Waals surface area contributed by atoms with Gasteiger partial charge >= 0.3 is 0 Å². The molecule has 2 aromatic rings. The average Bonchev–Trinajstić information content (AvgIpc) is 2.95. The third-order valence-corrected chi connectivity index (χ3v) is 7.49. The largest absolute Gasteiger partial charge is 0.368 e. The van der Waals surface area contributed by atoms with Gasteiger partial charge in [0.2, 0.25) is 0 Å². The fourth-order valence-corrected chi connectivity index (χ4v) is 5.76. The highest BCUT2D eigenvalue weighted by molar-refractivity contribution is 7.91. The Morgan fingerprint density at radius 3 is 2.23 bits per heavy atom. The lowest BCUT2D eigenvalue weighted by molar-refractivity contribution is 0.386. The first kappa shape index (κ1) is 16.1. The van der Waals surface area contributed by atoms with Gasteiger partial charge in [-0.05, 0) is 24.3 Å². The second-order valence-electron chi connectivity index (χ2n) is 4.90. The minimum atomic E-state index is -3.45. The summed E-state index contributed by atoms with van der Waals surface area (Å²) in [4.78, 5) is 2.11. The number of piperazine rings is 1. The standard InChI is InChI=1S/C14H14Cl2N2O2S2/c15-11-3-1-2-4-12(11)17-7-9-18(10-8-17)22(19,20)14-6-5-13(16)21-14/h1-6H,7-10H2. The molecule has 0 N–H and O–H groups in total. The van der Waals surface area contributed by atoms with Gasteiger partial charge in [0, 0.05) is 26.2 Å². The van der Waals surface area contributed by atoms with Crippen LogP contribution in [0.3, 0.4) is 0 Å². The number of nitrogens with zero attached hydrogens (tertiary/aromatic N) is 2. The van der Waals surface area contributed by atoms with E-state index in [-0.39, 0.29) is 0 Å². The molecule has 0 radical (unpaired) electrons. The van der Waals surface area contributed by atoms with Crippen LogP contribution in [0.2, 0.25) is 9.36 Å². The molecule has 0 bridgehead atoms. The summed E-state index contributed by atoms with van der Waals surface area (Å²) in [5.41, 5.74) is 0.945. The normalized spacial score (nSPS) is 16.9. The van der Waals surface area contributed by atoms with Gasteiger partial charge in [-0.1, -0.05) is 35.3 Å². The number of hydrogen-bond acceptors (Lipinski definition) is 4. The number of para-hydroxylation sites is 1. The van der Waals surface area contributed by atoms with Crippen molar-refractivity contribution in [2.75, 3.05) is 31.1 Å². The molecule has 0 saturated carbocycles. The Labute approximate surface area is 143 Å². The number of halogens is 2. The fourth-order valence-electron chi connectivity index (χ4n) is 2.44. The number of sulfonamides is 1. The van der Waals surface area contributed by atoms with Gasteiger partial charge in [-0.3, -0.25) is 0 Å². The van der Waals surface area contributed by atoms with Crippen LogP contribution in [0.4, 0.5) is 5.69 Å². The monoisotopic (exact) mass is 376 g/mol. The Hall–Kier alpha value is -0.790. The SMILES string of the molecule is O=S(=O)(c1ccc(Cl)s1)N1CCN(c2ccccc2Cl)CC1. The first-order valence-electron chi connectivity index (χ1n) is 6.73. The van der Waals surface area contributed by atoms with Crippen LogP contribution in [0.5, 0.6) is 0 Å². The van der Waals surface area contributed by atoms with Crippen molar-refractivity contribution in [3.63, 3.8) is 0 Å². The van der Waals surface area contributed by atoms with Crippen LogP contribution in [0.1, 0.15) is 0 Å². The molecule has 2 heterocycles. The summed E-state index contributed by atoms with van der Waals surface area (Å²) in [6, 6.07) is 10.8. The molecule has 0 aliphatic carbocycles. The summed E-state index contributed by atoms with van der Waals surface area (Å²) >= 11 is 13.1. The summed E-state index contributed by atoms with van der Waals surface area (Å²) in [7, 11) is -3.45. The minimum absolute atomic E-state index is 0.295. The smallest absolute Gasteiger partial charge is 0.252 e. The maximum Gasteiger partial charge on any atom is 0.252 e. The van der Waals surface area contributed by atoms with E-state index in [1.807, 2.05) is 24.3 Å². The van der Waals surface area contributed by atoms with Crippen LogP contribution in [0.25, 0.3) is 0 Å². The van der Waals surface area contributed by atoms with Crippen molar-refractivity contribution >= 4 is 50.2 Å². The van der Waals surface area contributed by atoms with E-state index < -0.39 is 10.0 Å². The number of thiophene rings is 1. The van der Waals surface area contributed by atoms with Crippen LogP contribution in [-0.4, -0.2) is 38.9 Å². The highest BCUT2D eigenvalue weighted by Gasteiger charge is 2.30. The molecule has 1 aromatic carbocycles. The van der Waals surface area contributed by atoms with Crippen molar-refractivity contribution < 1.29 is 8.42 Å². The molecule has 1 fully saturated rings. The summed E-state index contributed by atoms with van der Waals surface area (Å²) < 4.78 is 27.4. The van der Waals surface area contributed by atoms with Gasteiger partial charge in [0.15, 0.2) is 0 Å². The molecule has 1 aliphatic heterocycles. The number of rotatable bonds is 3. The zero-order chi connectivity index (χ0) is 15.7. The fraction of sp³-hybridized carbons (Fsp3) is 0.286. The van der Waals surface area contributed by atoms with E-state index in [2.05, 4.69) is 4.90 Å². The zero-order valence-corrected chi connectivity index (χ0v) is 14.7. The van der Waals surface area contributed by atoms with Crippen LogP contribution < -0.4 is 4.90 Å². The second kappa shape index (κ2) is 6.37. The maximum absolute atomic E-state index is 12.5. The van der Waals surface area contributed by atoms with E-state index >= 15 is 0 Å². The molecule has 1 aromatic heterocycles. The third-order valence-electron chi connectivity index (χ3n) is 3.57. The summed E-state index contributed by atoms with van der Waals surface area (Å²) in [6.07, 6.45) is 0. The molecule has 0 atom stereocenters. The molecule has 0 unspecified atom stereocenters. The van der Waals surface area contributed by atoms with Crippen molar-refractivity contribution in [2.45, 2.75) is 4.21 Å². The first-order valence-corrected chi connectivity index (χ1v) is 9.75. The molecule has 0 spiro atoms. The van der Waals surface area contributed by atoms with Crippen molar-refractivity contribution in [1.82, 2.24) is 4.31 Å². The Morgan fingerprint density at radius 1 is 0.955 bits per heavy atom. The Balaban J connectivity index is 1.73. The van der Waals surface area contributed by atoms with E-state index in [0.717, 1.165) is 17.0 Å². The lowest BCUT2D eigenvalue weighted by Crippen LogP contribution is -2.48. The lowest BCUT2D eigenvalue weighted by Gasteiger charge is -2.35. The van der Waals surface area contributed by atoms with Gasteiger partial charge in [0.05, 0.1) is 15.0 Å². The highest BCUT2D eigenvalue weighted by Crippen LogP contribution is 2.30. The van der Waals surface area contributed by atoms with Gasteiger partial charge in [-0.2, -0.15) is 4.31 Å². The predicted octanol–water partition coefficient (Wildman–Crippen LogP) is 3.57. The molecule has 0 amide bonds. The molecule has 22 heavy (non-hydrogen) atoms. The zero-order valence-electron chi connectivity index (χ0n) is 11.6. The van der Waals surface area contributed by atoms with Crippen molar-refractivity contribution in [2.24, 2.45) is 0 Å². The van der Waals surface area contributed by atoms with E-state index in [0.29, 0.717) is 39.7 Å². The highest BCUT2D eigenvalue weighted by atomic mass is 35.5. The first-order chi connectivity index (χ1) is 10.5. The summed E-state index contributed by atoms with van der Waals surface area (Å²) in [5, 5.41) is 0.684. The number of anilines is 1. The van der Waals surface area contributed by atoms with Gasteiger partial charge in [0.25, 0.3) is 10.0 Å².